The normalized spacial score (nSPS) is 14.0. The molecule has 2 unspecified atom stereocenters. The van der Waals surface area contributed by atoms with E-state index in [1.165, 1.54) is 0 Å². The number of esters is 1. The molecular formula is C14H22N2O2. The zero-order chi connectivity index (χ0) is 13.7. The summed E-state index contributed by atoms with van der Waals surface area (Å²) in [5.74, 6) is 0.965. The van der Waals surface area contributed by atoms with Gasteiger partial charge in [0, 0.05) is 11.5 Å². The van der Waals surface area contributed by atoms with Crippen molar-refractivity contribution in [2.45, 2.75) is 52.6 Å². The van der Waals surface area contributed by atoms with Crippen molar-refractivity contribution in [3.8, 4) is 0 Å². The van der Waals surface area contributed by atoms with Crippen molar-refractivity contribution in [1.29, 1.82) is 0 Å². The number of aromatic nitrogens is 2. The molecule has 0 aliphatic carbocycles. The van der Waals surface area contributed by atoms with Crippen LogP contribution >= 0.6 is 0 Å². The molecule has 0 saturated carbocycles. The van der Waals surface area contributed by atoms with Crippen LogP contribution in [-0.2, 0) is 9.53 Å². The monoisotopic (exact) mass is 250 g/mol. The van der Waals surface area contributed by atoms with Gasteiger partial charge in [-0.3, -0.25) is 0 Å². The van der Waals surface area contributed by atoms with E-state index in [0.29, 0.717) is 17.9 Å². The number of aromatic amines is 1. The number of carbonyl (C=O) groups is 1. The maximum Gasteiger partial charge on any atom is 0.333 e. The summed E-state index contributed by atoms with van der Waals surface area (Å²) in [6, 6.07) is 0. The maximum atomic E-state index is 11.5. The zero-order valence-electron chi connectivity index (χ0n) is 11.6. The Morgan fingerprint density at radius 3 is 2.67 bits per heavy atom. The third-order valence-electron chi connectivity index (χ3n) is 3.01. The predicted molar refractivity (Wildman–Crippen MR) is 71.2 cm³/mol. The lowest BCUT2D eigenvalue weighted by Crippen LogP contribution is -2.11. The molecule has 100 valence electrons. The van der Waals surface area contributed by atoms with Crippen molar-refractivity contribution in [1.82, 2.24) is 9.97 Å². The van der Waals surface area contributed by atoms with Crippen molar-refractivity contribution < 1.29 is 9.53 Å². The molecule has 2 atom stereocenters. The van der Waals surface area contributed by atoms with Gasteiger partial charge in [0.1, 0.15) is 11.9 Å². The molecule has 1 aromatic heterocycles. The van der Waals surface area contributed by atoms with E-state index < -0.39 is 0 Å². The summed E-state index contributed by atoms with van der Waals surface area (Å²) in [4.78, 5) is 19.1. The van der Waals surface area contributed by atoms with Crippen molar-refractivity contribution in [2.75, 3.05) is 0 Å². The first-order valence-corrected chi connectivity index (χ1v) is 6.40. The third-order valence-corrected chi connectivity index (χ3v) is 3.01. The lowest BCUT2D eigenvalue weighted by molar-refractivity contribution is -0.144. The van der Waals surface area contributed by atoms with Gasteiger partial charge in [-0.1, -0.05) is 27.4 Å². The van der Waals surface area contributed by atoms with Crippen molar-refractivity contribution in [3.63, 3.8) is 0 Å². The van der Waals surface area contributed by atoms with Gasteiger partial charge in [0.05, 0.1) is 11.9 Å². The highest BCUT2D eigenvalue weighted by molar-refractivity contribution is 5.87. The largest absolute Gasteiger partial charge is 0.453 e. The van der Waals surface area contributed by atoms with Gasteiger partial charge < -0.3 is 9.72 Å². The van der Waals surface area contributed by atoms with Gasteiger partial charge in [-0.05, 0) is 19.8 Å². The van der Waals surface area contributed by atoms with Crippen LogP contribution in [0, 0.1) is 0 Å². The summed E-state index contributed by atoms with van der Waals surface area (Å²) in [5, 5.41) is 0. The van der Waals surface area contributed by atoms with E-state index in [9.17, 15) is 4.79 Å². The first-order chi connectivity index (χ1) is 8.49. The van der Waals surface area contributed by atoms with Crippen LogP contribution in [0.4, 0.5) is 0 Å². The summed E-state index contributed by atoms with van der Waals surface area (Å²) in [6.45, 7) is 11.4. The smallest absolute Gasteiger partial charge is 0.333 e. The molecule has 1 aromatic rings. The second kappa shape index (κ2) is 6.38. The topological polar surface area (TPSA) is 55.0 Å². The second-order valence-corrected chi connectivity index (χ2v) is 4.62. The average Bonchev–Trinajstić information content (AvgIpc) is 2.83. The van der Waals surface area contributed by atoms with E-state index in [0.717, 1.165) is 17.9 Å². The number of hydrogen-bond acceptors (Lipinski definition) is 3. The molecule has 4 nitrogen and oxygen atoms in total. The lowest BCUT2D eigenvalue weighted by atomic mass is 10.1. The van der Waals surface area contributed by atoms with Gasteiger partial charge in [-0.25, -0.2) is 9.78 Å². The molecule has 0 spiro atoms. The molecule has 1 rings (SSSR count). The first kappa shape index (κ1) is 14.5. The third kappa shape index (κ3) is 3.45. The molecule has 0 bridgehead atoms. The minimum absolute atomic E-state index is 0.278. The highest BCUT2D eigenvalue weighted by Gasteiger charge is 2.18. The van der Waals surface area contributed by atoms with Crippen LogP contribution in [0.15, 0.2) is 18.3 Å². The molecule has 1 N–H and O–H groups in total. The van der Waals surface area contributed by atoms with Crippen LogP contribution in [-0.4, -0.2) is 15.9 Å². The number of nitrogens with zero attached hydrogens (tertiary/aromatic N) is 1. The number of imidazole rings is 1. The fourth-order valence-corrected chi connectivity index (χ4v) is 1.56. The van der Waals surface area contributed by atoms with Gasteiger partial charge in [0.2, 0.25) is 0 Å². The highest BCUT2D eigenvalue weighted by Crippen LogP contribution is 2.23. The van der Waals surface area contributed by atoms with E-state index in [1.807, 2.05) is 6.92 Å². The molecule has 0 aromatic carbocycles. The second-order valence-electron chi connectivity index (χ2n) is 4.62. The molecule has 0 radical (unpaired) electrons. The Kier molecular flexibility index (Phi) is 5.13. The van der Waals surface area contributed by atoms with Crippen LogP contribution in [0.25, 0.3) is 0 Å². The maximum absolute atomic E-state index is 11.5. The van der Waals surface area contributed by atoms with Crippen LogP contribution in [0.1, 0.15) is 64.1 Å². The quantitative estimate of drug-likeness (QED) is 0.621. The van der Waals surface area contributed by atoms with Gasteiger partial charge in [-0.2, -0.15) is 0 Å². The van der Waals surface area contributed by atoms with Crippen LogP contribution in [0.2, 0.25) is 0 Å². The summed E-state index contributed by atoms with van der Waals surface area (Å²) < 4.78 is 5.36. The number of H-pyrrole nitrogens is 1. The van der Waals surface area contributed by atoms with Crippen LogP contribution < -0.4 is 0 Å². The molecule has 1 heterocycles. The minimum atomic E-state index is -0.360. The van der Waals surface area contributed by atoms with E-state index in [1.54, 1.807) is 13.1 Å². The fourth-order valence-electron chi connectivity index (χ4n) is 1.56. The number of rotatable bonds is 6. The van der Waals surface area contributed by atoms with E-state index in [4.69, 9.17) is 4.74 Å². The summed E-state index contributed by atoms with van der Waals surface area (Å²) in [5.41, 5.74) is 1.26. The Balaban J connectivity index is 2.79. The van der Waals surface area contributed by atoms with Crippen molar-refractivity contribution in [2.24, 2.45) is 0 Å². The van der Waals surface area contributed by atoms with Crippen LogP contribution in [0.3, 0.4) is 0 Å². The Hall–Kier alpha value is -1.58. The molecule has 0 amide bonds. The summed E-state index contributed by atoms with van der Waals surface area (Å²) in [6.07, 6.45) is 3.21. The fraction of sp³-hybridized carbons (Fsp3) is 0.571. The Bertz CT molecular complexity index is 423. The summed E-state index contributed by atoms with van der Waals surface area (Å²) in [7, 11) is 0. The SMILES string of the molecule is C=C(C)C(=O)OC(CC)c1cnc(C(C)CC)[nH]1. The lowest BCUT2D eigenvalue weighted by Gasteiger charge is -2.14. The molecule has 0 aliphatic heterocycles. The summed E-state index contributed by atoms with van der Waals surface area (Å²) >= 11 is 0. The van der Waals surface area contributed by atoms with Gasteiger partial charge >= 0.3 is 5.97 Å². The van der Waals surface area contributed by atoms with Gasteiger partial charge in [-0.15, -0.1) is 0 Å². The average molecular weight is 250 g/mol. The standard InChI is InChI=1S/C14H22N2O2/c1-6-10(5)13-15-8-11(16-13)12(7-2)18-14(17)9(3)4/h8,10,12H,3,6-7H2,1-2,4-5H3,(H,15,16). The number of ether oxygens (including phenoxy) is 1. The Morgan fingerprint density at radius 1 is 1.50 bits per heavy atom. The highest BCUT2D eigenvalue weighted by atomic mass is 16.5. The van der Waals surface area contributed by atoms with Crippen molar-refractivity contribution >= 4 is 5.97 Å². The predicted octanol–water partition coefficient (Wildman–Crippen LogP) is 3.49. The van der Waals surface area contributed by atoms with E-state index in [-0.39, 0.29) is 12.1 Å². The van der Waals surface area contributed by atoms with Crippen molar-refractivity contribution in [3.05, 3.63) is 29.9 Å². The zero-order valence-corrected chi connectivity index (χ0v) is 11.6. The van der Waals surface area contributed by atoms with Gasteiger partial charge in [0.25, 0.3) is 0 Å². The molecule has 0 saturated heterocycles. The number of nitrogens with one attached hydrogen (secondary N) is 1. The molecule has 4 heteroatoms. The first-order valence-electron chi connectivity index (χ1n) is 6.40. The number of hydrogen-bond donors (Lipinski definition) is 1. The molecular weight excluding hydrogens is 228 g/mol. The van der Waals surface area contributed by atoms with E-state index >= 15 is 0 Å². The van der Waals surface area contributed by atoms with E-state index in [2.05, 4.69) is 30.4 Å². The Morgan fingerprint density at radius 2 is 2.17 bits per heavy atom. The van der Waals surface area contributed by atoms with Gasteiger partial charge in [0.15, 0.2) is 0 Å². The Labute approximate surface area is 108 Å². The molecule has 18 heavy (non-hydrogen) atoms. The number of carbonyl (C=O) groups excluding carboxylic acids is 1. The molecule has 0 fully saturated rings. The van der Waals surface area contributed by atoms with Crippen LogP contribution in [0.5, 0.6) is 0 Å². The minimum Gasteiger partial charge on any atom is -0.453 e. The molecule has 0 aliphatic rings.